The Kier molecular flexibility index (Phi) is 4.65. The summed E-state index contributed by atoms with van der Waals surface area (Å²) in [5.74, 6) is -0.412. The number of benzene rings is 3. The van der Waals surface area contributed by atoms with E-state index in [0.29, 0.717) is 5.69 Å². The molecule has 1 N–H and O–H groups in total. The second-order valence-electron chi connectivity index (χ2n) is 6.53. The van der Waals surface area contributed by atoms with E-state index in [9.17, 15) is 10.1 Å². The molecule has 0 saturated heterocycles. The molecule has 136 valence electrons. The topological polar surface area (TPSA) is 57.8 Å². The Labute approximate surface area is 163 Å². The third-order valence-electron chi connectivity index (χ3n) is 4.82. The molecular weight excluding hydrogens is 346 g/mol. The molecule has 0 fully saturated rings. The van der Waals surface area contributed by atoms with Crippen LogP contribution in [0.3, 0.4) is 0 Å². The van der Waals surface area contributed by atoms with Gasteiger partial charge in [0.2, 0.25) is 0 Å². The summed E-state index contributed by atoms with van der Waals surface area (Å²) in [7, 11) is 0. The number of nitrogens with one attached hydrogen (secondary N) is 1. The van der Waals surface area contributed by atoms with E-state index >= 15 is 0 Å². The summed E-state index contributed by atoms with van der Waals surface area (Å²) in [5.41, 5.74) is 3.86. The van der Waals surface area contributed by atoms with Crippen molar-refractivity contribution in [3.8, 4) is 6.07 Å². The lowest BCUT2D eigenvalue weighted by molar-refractivity contribution is -0.112. The second-order valence-corrected chi connectivity index (χ2v) is 6.53. The summed E-state index contributed by atoms with van der Waals surface area (Å²) in [6.45, 7) is 2.99. The average molecular weight is 365 g/mol. The van der Waals surface area contributed by atoms with Crippen LogP contribution < -0.4 is 5.32 Å². The maximum absolute atomic E-state index is 12.6. The smallest absolute Gasteiger partial charge is 0.266 e. The molecule has 4 aromatic rings. The molecule has 28 heavy (non-hydrogen) atoms. The van der Waals surface area contributed by atoms with E-state index in [4.69, 9.17) is 0 Å². The first kappa shape index (κ1) is 17.6. The minimum absolute atomic E-state index is 0.0716. The SMILES string of the molecule is CCn1c2ccccc2c2cc(NC(=O)/C(C#N)=C\c3ccccc3)ccc21. The molecule has 1 heterocycles. The Balaban J connectivity index is 1.70. The van der Waals surface area contributed by atoms with Gasteiger partial charge in [0.05, 0.1) is 0 Å². The normalized spacial score (nSPS) is 11.5. The highest BCUT2D eigenvalue weighted by molar-refractivity contribution is 6.13. The predicted octanol–water partition coefficient (Wildman–Crippen LogP) is 5.36. The standard InChI is InChI=1S/C24H19N3O/c1-2-27-22-11-7-6-10-20(22)21-15-19(12-13-23(21)27)26-24(28)18(16-25)14-17-8-4-3-5-9-17/h3-15H,2H2,1H3,(H,26,28)/b18-14-. The van der Waals surface area contributed by atoms with Crippen molar-refractivity contribution in [1.29, 1.82) is 5.26 Å². The van der Waals surface area contributed by atoms with Gasteiger partial charge in [0.1, 0.15) is 11.6 Å². The molecule has 0 atom stereocenters. The second kappa shape index (κ2) is 7.42. The fourth-order valence-corrected chi connectivity index (χ4v) is 3.54. The third-order valence-corrected chi connectivity index (χ3v) is 4.82. The van der Waals surface area contributed by atoms with Crippen LogP contribution >= 0.6 is 0 Å². The number of rotatable bonds is 4. The summed E-state index contributed by atoms with van der Waals surface area (Å²) < 4.78 is 2.26. The molecule has 0 unspecified atom stereocenters. The van der Waals surface area contributed by atoms with E-state index in [1.54, 1.807) is 6.08 Å². The summed E-state index contributed by atoms with van der Waals surface area (Å²) in [5, 5.41) is 14.5. The monoisotopic (exact) mass is 365 g/mol. The third kappa shape index (κ3) is 3.15. The first-order valence-corrected chi connectivity index (χ1v) is 9.20. The van der Waals surface area contributed by atoms with Crippen LogP contribution in [0.15, 0.2) is 78.4 Å². The zero-order chi connectivity index (χ0) is 19.5. The van der Waals surface area contributed by atoms with Crippen LogP contribution in [0, 0.1) is 11.3 Å². The number of nitriles is 1. The van der Waals surface area contributed by atoms with Crippen LogP contribution in [-0.4, -0.2) is 10.5 Å². The summed E-state index contributed by atoms with van der Waals surface area (Å²) in [6.07, 6.45) is 1.59. The number of amides is 1. The molecule has 0 aliphatic rings. The zero-order valence-corrected chi connectivity index (χ0v) is 15.5. The fraction of sp³-hybridized carbons (Fsp3) is 0.0833. The van der Waals surface area contributed by atoms with Gasteiger partial charge in [0.25, 0.3) is 5.91 Å². The first-order chi connectivity index (χ1) is 13.7. The Hall–Kier alpha value is -3.84. The van der Waals surface area contributed by atoms with Gasteiger partial charge in [0, 0.05) is 34.0 Å². The number of fused-ring (bicyclic) bond motifs is 3. The van der Waals surface area contributed by atoms with E-state index in [2.05, 4.69) is 28.9 Å². The molecule has 1 amide bonds. The van der Waals surface area contributed by atoms with Crippen LogP contribution in [0.1, 0.15) is 12.5 Å². The predicted molar refractivity (Wildman–Crippen MR) is 114 cm³/mol. The minimum Gasteiger partial charge on any atom is -0.341 e. The van der Waals surface area contributed by atoms with Crippen LogP contribution in [0.25, 0.3) is 27.9 Å². The Morgan fingerprint density at radius 2 is 1.71 bits per heavy atom. The van der Waals surface area contributed by atoms with Crippen LogP contribution in [0.2, 0.25) is 0 Å². The molecule has 4 heteroatoms. The minimum atomic E-state index is -0.412. The number of hydrogen-bond donors (Lipinski definition) is 1. The highest BCUT2D eigenvalue weighted by Crippen LogP contribution is 2.31. The number of anilines is 1. The zero-order valence-electron chi connectivity index (χ0n) is 15.5. The largest absolute Gasteiger partial charge is 0.341 e. The summed E-state index contributed by atoms with van der Waals surface area (Å²) in [6, 6.07) is 25.5. The quantitative estimate of drug-likeness (QED) is 0.391. The van der Waals surface area contributed by atoms with E-state index in [-0.39, 0.29) is 5.57 Å². The van der Waals surface area contributed by atoms with Crippen molar-refractivity contribution < 1.29 is 4.79 Å². The number of carbonyl (C=O) groups is 1. The Morgan fingerprint density at radius 1 is 1.00 bits per heavy atom. The number of aryl methyl sites for hydroxylation is 1. The molecule has 0 aliphatic heterocycles. The van der Waals surface area contributed by atoms with E-state index in [1.165, 1.54) is 5.52 Å². The van der Waals surface area contributed by atoms with E-state index < -0.39 is 5.91 Å². The Bertz CT molecular complexity index is 1240. The summed E-state index contributed by atoms with van der Waals surface area (Å²) >= 11 is 0. The number of hydrogen-bond acceptors (Lipinski definition) is 2. The van der Waals surface area contributed by atoms with Crippen LogP contribution in [0.5, 0.6) is 0 Å². The highest BCUT2D eigenvalue weighted by atomic mass is 16.1. The van der Waals surface area contributed by atoms with Crippen molar-refractivity contribution in [1.82, 2.24) is 4.57 Å². The van der Waals surface area contributed by atoms with Gasteiger partial charge in [-0.15, -0.1) is 0 Å². The first-order valence-electron chi connectivity index (χ1n) is 9.20. The van der Waals surface area contributed by atoms with Gasteiger partial charge in [0.15, 0.2) is 0 Å². The fourth-order valence-electron chi connectivity index (χ4n) is 3.54. The number of para-hydroxylation sites is 1. The summed E-state index contributed by atoms with van der Waals surface area (Å²) in [4.78, 5) is 12.6. The average Bonchev–Trinajstić information content (AvgIpc) is 3.05. The number of aromatic nitrogens is 1. The van der Waals surface area contributed by atoms with Crippen molar-refractivity contribution in [2.75, 3.05) is 5.32 Å². The van der Waals surface area contributed by atoms with Crippen molar-refractivity contribution in [3.63, 3.8) is 0 Å². The van der Waals surface area contributed by atoms with Crippen molar-refractivity contribution >= 4 is 39.5 Å². The van der Waals surface area contributed by atoms with Gasteiger partial charge in [-0.05, 0) is 42.8 Å². The molecule has 0 radical (unpaired) electrons. The van der Waals surface area contributed by atoms with Crippen molar-refractivity contribution in [3.05, 3.63) is 83.9 Å². The lowest BCUT2D eigenvalue weighted by Gasteiger charge is -2.06. The van der Waals surface area contributed by atoms with E-state index in [1.807, 2.05) is 66.7 Å². The molecule has 0 aliphatic carbocycles. The maximum Gasteiger partial charge on any atom is 0.266 e. The van der Waals surface area contributed by atoms with Gasteiger partial charge < -0.3 is 9.88 Å². The number of nitrogens with zero attached hydrogens (tertiary/aromatic N) is 2. The molecule has 1 aromatic heterocycles. The van der Waals surface area contributed by atoms with E-state index in [0.717, 1.165) is 28.4 Å². The van der Waals surface area contributed by atoms with Crippen LogP contribution in [0.4, 0.5) is 5.69 Å². The number of carbonyl (C=O) groups excluding carboxylic acids is 1. The van der Waals surface area contributed by atoms with Gasteiger partial charge in [-0.2, -0.15) is 5.26 Å². The maximum atomic E-state index is 12.6. The molecule has 0 saturated carbocycles. The van der Waals surface area contributed by atoms with Gasteiger partial charge in [-0.3, -0.25) is 4.79 Å². The molecular formula is C24H19N3O. The van der Waals surface area contributed by atoms with Gasteiger partial charge in [-0.1, -0.05) is 48.5 Å². The highest BCUT2D eigenvalue weighted by Gasteiger charge is 2.13. The van der Waals surface area contributed by atoms with Crippen LogP contribution in [-0.2, 0) is 11.3 Å². The lowest BCUT2D eigenvalue weighted by atomic mass is 10.1. The molecule has 4 rings (SSSR count). The van der Waals surface area contributed by atoms with Gasteiger partial charge in [-0.25, -0.2) is 0 Å². The van der Waals surface area contributed by atoms with Crippen molar-refractivity contribution in [2.24, 2.45) is 0 Å². The lowest BCUT2D eigenvalue weighted by Crippen LogP contribution is -2.13. The molecule has 4 nitrogen and oxygen atoms in total. The molecule has 3 aromatic carbocycles. The van der Waals surface area contributed by atoms with Gasteiger partial charge >= 0.3 is 0 Å². The molecule has 0 spiro atoms. The van der Waals surface area contributed by atoms with Crippen molar-refractivity contribution in [2.45, 2.75) is 13.5 Å². The molecule has 0 bridgehead atoms. The Morgan fingerprint density at radius 3 is 2.46 bits per heavy atom.